The Kier molecular flexibility index (Phi) is 6.61. The maximum atomic E-state index is 12.6. The predicted molar refractivity (Wildman–Crippen MR) is 104 cm³/mol. The first-order chi connectivity index (χ1) is 11.8. The van der Waals surface area contributed by atoms with E-state index >= 15 is 0 Å². The Bertz CT molecular complexity index is 698. The molecule has 1 heterocycles. The minimum atomic E-state index is -1.05. The molecule has 0 aromatic heterocycles. The molecule has 1 saturated heterocycles. The normalized spacial score (nSPS) is 17.4. The smallest absolute Gasteiger partial charge is 0.327 e. The molecule has 0 saturated carbocycles. The number of carbonyl (C=O) groups is 2. The van der Waals surface area contributed by atoms with E-state index in [1.807, 2.05) is 31.2 Å². The van der Waals surface area contributed by atoms with E-state index < -0.39 is 12.0 Å². The van der Waals surface area contributed by atoms with Gasteiger partial charge in [0.2, 0.25) is 0 Å². The summed E-state index contributed by atoms with van der Waals surface area (Å²) in [4.78, 5) is 25.8. The van der Waals surface area contributed by atoms with Crippen molar-refractivity contribution < 1.29 is 19.4 Å². The number of amides is 1. The van der Waals surface area contributed by atoms with Crippen molar-refractivity contribution in [2.45, 2.75) is 33.2 Å². The summed E-state index contributed by atoms with van der Waals surface area (Å²) in [7, 11) is 0. The molecule has 1 aromatic rings. The van der Waals surface area contributed by atoms with Gasteiger partial charge in [-0.25, -0.2) is 4.79 Å². The van der Waals surface area contributed by atoms with Crippen molar-refractivity contribution in [1.82, 2.24) is 4.90 Å². The lowest BCUT2D eigenvalue weighted by Gasteiger charge is -2.26. The van der Waals surface area contributed by atoms with Gasteiger partial charge in [-0.15, -0.1) is 0 Å². The largest absolute Gasteiger partial charge is 0.494 e. The van der Waals surface area contributed by atoms with Crippen LogP contribution in [0, 0.1) is 5.92 Å². The molecule has 1 aliphatic rings. The van der Waals surface area contributed by atoms with E-state index in [0.717, 1.165) is 29.5 Å². The number of carboxylic acids is 1. The van der Waals surface area contributed by atoms with Gasteiger partial charge in [0.15, 0.2) is 0 Å². The molecule has 134 valence electrons. The average molecular weight is 380 g/mol. The Balaban J connectivity index is 2.20. The van der Waals surface area contributed by atoms with Crippen LogP contribution in [0.4, 0.5) is 0 Å². The van der Waals surface area contributed by atoms with Gasteiger partial charge in [-0.05, 0) is 36.1 Å². The second-order valence-corrected chi connectivity index (χ2v) is 7.67. The van der Waals surface area contributed by atoms with Crippen molar-refractivity contribution in [3.8, 4) is 5.75 Å². The molecule has 1 atom stereocenters. The molecule has 0 bridgehead atoms. The summed E-state index contributed by atoms with van der Waals surface area (Å²) >= 11 is 6.37. The van der Waals surface area contributed by atoms with Crippen LogP contribution in [0.1, 0.15) is 32.8 Å². The molecule has 0 aliphatic carbocycles. The number of ether oxygens (including phenoxy) is 1. The van der Waals surface area contributed by atoms with Gasteiger partial charge in [-0.2, -0.15) is 0 Å². The van der Waals surface area contributed by atoms with Gasteiger partial charge in [-0.1, -0.05) is 56.9 Å². The molecule has 1 aromatic carbocycles. The fourth-order valence-electron chi connectivity index (χ4n) is 2.44. The minimum Gasteiger partial charge on any atom is -0.494 e. The van der Waals surface area contributed by atoms with Crippen molar-refractivity contribution in [3.63, 3.8) is 0 Å². The Morgan fingerprint density at radius 2 is 2.00 bits per heavy atom. The zero-order chi connectivity index (χ0) is 18.6. The first-order valence-corrected chi connectivity index (χ1v) is 9.30. The number of nitrogens with zero attached hydrogens (tertiary/aromatic N) is 1. The van der Waals surface area contributed by atoms with E-state index in [0.29, 0.717) is 11.5 Å². The third-order valence-electron chi connectivity index (χ3n) is 3.64. The third-order valence-corrected chi connectivity index (χ3v) is 4.97. The van der Waals surface area contributed by atoms with E-state index in [-0.39, 0.29) is 16.1 Å². The van der Waals surface area contributed by atoms with Crippen LogP contribution in [0.25, 0.3) is 6.08 Å². The van der Waals surface area contributed by atoms with Crippen molar-refractivity contribution in [2.75, 3.05) is 6.61 Å². The average Bonchev–Trinajstić information content (AvgIpc) is 2.81. The van der Waals surface area contributed by atoms with Gasteiger partial charge in [-0.3, -0.25) is 9.69 Å². The number of hydrogen-bond acceptors (Lipinski definition) is 5. The molecule has 0 spiro atoms. The second kappa shape index (κ2) is 8.49. The maximum absolute atomic E-state index is 12.6. The number of thiocarbonyl (C=S) groups is 1. The monoisotopic (exact) mass is 379 g/mol. The van der Waals surface area contributed by atoms with E-state index in [9.17, 15) is 14.7 Å². The molecule has 5 nitrogen and oxygen atoms in total. The topological polar surface area (TPSA) is 66.8 Å². The Morgan fingerprint density at radius 3 is 2.52 bits per heavy atom. The lowest BCUT2D eigenvalue weighted by Crippen LogP contribution is -2.47. The van der Waals surface area contributed by atoms with Crippen molar-refractivity contribution in [2.24, 2.45) is 5.92 Å². The van der Waals surface area contributed by atoms with Crippen LogP contribution in [0.5, 0.6) is 5.75 Å². The lowest BCUT2D eigenvalue weighted by atomic mass is 10.0. The number of benzene rings is 1. The highest BCUT2D eigenvalue weighted by atomic mass is 32.2. The van der Waals surface area contributed by atoms with Gasteiger partial charge in [0.25, 0.3) is 5.91 Å². The fraction of sp³-hybridized carbons (Fsp3) is 0.389. The van der Waals surface area contributed by atoms with Gasteiger partial charge in [0.1, 0.15) is 16.1 Å². The molecule has 25 heavy (non-hydrogen) atoms. The summed E-state index contributed by atoms with van der Waals surface area (Å²) in [6, 6.07) is 6.44. The summed E-state index contributed by atoms with van der Waals surface area (Å²) in [5.41, 5.74) is 0.834. The van der Waals surface area contributed by atoms with Crippen LogP contribution in [-0.4, -0.2) is 38.9 Å². The van der Waals surface area contributed by atoms with Gasteiger partial charge < -0.3 is 9.84 Å². The second-order valence-electron chi connectivity index (χ2n) is 6.00. The molecular formula is C18H21NO4S2. The third kappa shape index (κ3) is 4.61. The quantitative estimate of drug-likeness (QED) is 0.574. The number of thioether (sulfide) groups is 1. The van der Waals surface area contributed by atoms with Crippen molar-refractivity contribution in [1.29, 1.82) is 0 Å². The van der Waals surface area contributed by atoms with E-state index in [2.05, 4.69) is 0 Å². The van der Waals surface area contributed by atoms with Crippen LogP contribution in [0.2, 0.25) is 0 Å². The minimum absolute atomic E-state index is 0.241. The maximum Gasteiger partial charge on any atom is 0.327 e. The summed E-state index contributed by atoms with van der Waals surface area (Å²) in [5.74, 6) is -0.876. The Labute approximate surface area is 157 Å². The number of aliphatic carboxylic acids is 1. The van der Waals surface area contributed by atoms with Gasteiger partial charge >= 0.3 is 5.97 Å². The lowest BCUT2D eigenvalue weighted by molar-refractivity contribution is -0.146. The number of hydrogen-bond donors (Lipinski definition) is 1. The molecule has 1 aliphatic heterocycles. The predicted octanol–water partition coefficient (Wildman–Crippen LogP) is 3.79. The highest BCUT2D eigenvalue weighted by molar-refractivity contribution is 8.26. The molecule has 1 fully saturated rings. The highest BCUT2D eigenvalue weighted by Gasteiger charge is 2.41. The van der Waals surface area contributed by atoms with Crippen molar-refractivity contribution >= 4 is 46.3 Å². The van der Waals surface area contributed by atoms with Crippen LogP contribution < -0.4 is 4.74 Å². The standard InChI is InChI=1S/C18H21NO4S2/c1-4-9-23-13-7-5-12(6-8-13)10-14-16(20)19(18(24)25-14)15(11(2)3)17(21)22/h5-8,10-11,15H,4,9H2,1-3H3,(H,21,22)/b14-10-/t15-/m1/s1. The fourth-order valence-corrected chi connectivity index (χ4v) is 3.77. The first kappa shape index (κ1) is 19.5. The zero-order valence-corrected chi connectivity index (χ0v) is 16.0. The van der Waals surface area contributed by atoms with E-state index in [4.69, 9.17) is 17.0 Å². The molecule has 0 unspecified atom stereocenters. The molecule has 1 N–H and O–H groups in total. The van der Waals surface area contributed by atoms with E-state index in [1.54, 1.807) is 19.9 Å². The number of carboxylic acid groups (broad SMARTS) is 1. The van der Waals surface area contributed by atoms with Crippen LogP contribution in [-0.2, 0) is 9.59 Å². The summed E-state index contributed by atoms with van der Waals surface area (Å²) in [5, 5.41) is 9.42. The Hall–Kier alpha value is -1.86. The summed E-state index contributed by atoms with van der Waals surface area (Å²) < 4.78 is 5.81. The van der Waals surface area contributed by atoms with Crippen LogP contribution >= 0.6 is 24.0 Å². The van der Waals surface area contributed by atoms with Gasteiger partial charge in [0, 0.05) is 0 Å². The summed E-state index contributed by atoms with van der Waals surface area (Å²) in [6.07, 6.45) is 2.66. The highest BCUT2D eigenvalue weighted by Crippen LogP contribution is 2.35. The molecular weight excluding hydrogens is 358 g/mol. The molecule has 1 amide bonds. The summed E-state index contributed by atoms with van der Waals surface area (Å²) in [6.45, 7) is 6.22. The van der Waals surface area contributed by atoms with E-state index in [1.165, 1.54) is 4.90 Å². The molecule has 7 heteroatoms. The van der Waals surface area contributed by atoms with Crippen LogP contribution in [0.15, 0.2) is 29.2 Å². The Morgan fingerprint density at radius 1 is 1.36 bits per heavy atom. The van der Waals surface area contributed by atoms with Crippen LogP contribution in [0.3, 0.4) is 0 Å². The molecule has 0 radical (unpaired) electrons. The van der Waals surface area contributed by atoms with Gasteiger partial charge in [0.05, 0.1) is 11.5 Å². The zero-order valence-electron chi connectivity index (χ0n) is 14.4. The number of carbonyl (C=O) groups excluding carboxylic acids is 1. The number of rotatable bonds is 7. The SMILES string of the molecule is CCCOc1ccc(/C=C2\SC(=S)N([C@@H](C(=O)O)C(C)C)C2=O)cc1. The first-order valence-electron chi connectivity index (χ1n) is 8.07. The molecule has 2 rings (SSSR count). The van der Waals surface area contributed by atoms with Crippen molar-refractivity contribution in [3.05, 3.63) is 34.7 Å².